The number of anilines is 1. The van der Waals surface area contributed by atoms with Crippen LogP contribution in [-0.4, -0.2) is 50.0 Å². The van der Waals surface area contributed by atoms with Crippen molar-refractivity contribution in [3.63, 3.8) is 0 Å². The maximum atomic E-state index is 15.0. The lowest BCUT2D eigenvalue weighted by atomic mass is 9.51. The molecule has 4 amide bonds. The summed E-state index contributed by atoms with van der Waals surface area (Å²) in [4.78, 5) is 59.7. The van der Waals surface area contributed by atoms with Gasteiger partial charge in [0.05, 0.1) is 28.0 Å². The van der Waals surface area contributed by atoms with Crippen LogP contribution in [0, 0.1) is 41.8 Å². The maximum Gasteiger partial charge on any atom is 0.242 e. The van der Waals surface area contributed by atoms with Gasteiger partial charge in [-0.3, -0.25) is 28.8 Å². The number of nitrogens with zero attached hydrogens (tertiary/aromatic N) is 4. The van der Waals surface area contributed by atoms with E-state index < -0.39 is 58.4 Å². The molecule has 2 saturated heterocycles. The van der Waals surface area contributed by atoms with E-state index in [2.05, 4.69) is 0 Å². The zero-order chi connectivity index (χ0) is 34.0. The van der Waals surface area contributed by atoms with Gasteiger partial charge in [-0.05, 0) is 86.4 Å². The number of phenols is 1. The predicted molar refractivity (Wildman–Crippen MR) is 179 cm³/mol. The number of allylic oxidation sites excluding steroid dienone is 2. The van der Waals surface area contributed by atoms with E-state index in [9.17, 15) is 28.7 Å². The number of carbonyl (C=O) groups excluding carboxylic acids is 4. The minimum Gasteiger partial charge on any atom is -0.505 e. The number of likely N-dealkylation sites (tertiary alicyclic amines) is 1. The Morgan fingerprint density at radius 1 is 1.06 bits per heavy atom. The Hall–Kier alpha value is -4.35. The van der Waals surface area contributed by atoms with E-state index in [-0.39, 0.29) is 24.8 Å². The molecule has 4 heterocycles. The van der Waals surface area contributed by atoms with E-state index in [1.54, 1.807) is 44.4 Å². The average molecular weight is 687 g/mol. The molecule has 4 aromatic rings. The molecule has 48 heavy (non-hydrogen) atoms. The number of aryl methyl sites for hydroxylation is 2. The molecule has 1 N–H and O–H groups in total. The molecule has 6 unspecified atom stereocenters. The highest BCUT2D eigenvalue weighted by Gasteiger charge is 2.67. The third-order valence-electron chi connectivity index (χ3n) is 11.2. The van der Waals surface area contributed by atoms with E-state index in [4.69, 9.17) is 16.7 Å². The van der Waals surface area contributed by atoms with Gasteiger partial charge < -0.3 is 5.11 Å². The lowest BCUT2D eigenvalue weighted by Gasteiger charge is -2.49. The van der Waals surface area contributed by atoms with Crippen LogP contribution in [0.15, 0.2) is 54.1 Å². The van der Waals surface area contributed by atoms with Gasteiger partial charge in [0.2, 0.25) is 23.6 Å². The Kier molecular flexibility index (Phi) is 6.82. The number of hydrogen-bond acceptors (Lipinski definition) is 7. The van der Waals surface area contributed by atoms with Crippen LogP contribution < -0.4 is 4.90 Å². The number of halogens is 2. The van der Waals surface area contributed by atoms with Gasteiger partial charge in [0.25, 0.3) is 0 Å². The molecule has 0 spiro atoms. The molecule has 2 aromatic heterocycles. The molecule has 2 aliphatic heterocycles. The van der Waals surface area contributed by atoms with Gasteiger partial charge in [0.15, 0.2) is 11.6 Å². The molecular weight excluding hydrogens is 655 g/mol. The second-order valence-electron chi connectivity index (χ2n) is 13.5. The highest BCUT2D eigenvalue weighted by Crippen LogP contribution is 2.63. The molecule has 1 saturated carbocycles. The average Bonchev–Trinajstić information content (AvgIpc) is 3.72. The fourth-order valence-corrected chi connectivity index (χ4v) is 10.2. The summed E-state index contributed by atoms with van der Waals surface area (Å²) < 4.78 is 17.5. The second-order valence-corrected chi connectivity index (χ2v) is 15.0. The SMILES string of the molecule is CCN1C(=O)C2CC=C3C(CC4C(=O)N(c5cc(-c6sc7ccc(Cl)cc7c6C)nn5C)C(=O)C4(C)C3c3ccc(O)c(F)c3)C2C1=O. The van der Waals surface area contributed by atoms with Crippen LogP contribution in [0.4, 0.5) is 10.2 Å². The highest BCUT2D eigenvalue weighted by atomic mass is 35.5. The Morgan fingerprint density at radius 3 is 2.56 bits per heavy atom. The summed E-state index contributed by atoms with van der Waals surface area (Å²) in [5, 5.41) is 16.4. The Balaban J connectivity index is 1.26. The molecule has 246 valence electrons. The normalized spacial score (nSPS) is 28.3. The summed E-state index contributed by atoms with van der Waals surface area (Å²) in [6, 6.07) is 11.5. The number of thiophene rings is 1. The number of benzene rings is 2. The van der Waals surface area contributed by atoms with Crippen molar-refractivity contribution in [2.75, 3.05) is 11.4 Å². The van der Waals surface area contributed by atoms with E-state index in [1.807, 2.05) is 31.2 Å². The van der Waals surface area contributed by atoms with Gasteiger partial charge in [-0.2, -0.15) is 5.10 Å². The van der Waals surface area contributed by atoms with Crippen LogP contribution in [0.25, 0.3) is 20.7 Å². The van der Waals surface area contributed by atoms with Gasteiger partial charge in [0, 0.05) is 35.3 Å². The van der Waals surface area contributed by atoms with Gasteiger partial charge in [-0.15, -0.1) is 11.3 Å². The molecule has 3 fully saturated rings. The van der Waals surface area contributed by atoms with Gasteiger partial charge in [0.1, 0.15) is 11.5 Å². The van der Waals surface area contributed by atoms with Crippen molar-refractivity contribution in [3.8, 4) is 16.3 Å². The molecule has 6 atom stereocenters. The fraction of sp³-hybridized carbons (Fsp3) is 0.361. The third-order valence-corrected chi connectivity index (χ3v) is 12.7. The minimum atomic E-state index is -1.35. The first-order chi connectivity index (χ1) is 22.9. The molecule has 8 rings (SSSR count). The number of hydrogen-bond donors (Lipinski definition) is 1. The summed E-state index contributed by atoms with van der Waals surface area (Å²) in [5.74, 6) is -5.79. The van der Waals surface area contributed by atoms with Crippen LogP contribution in [-0.2, 0) is 26.2 Å². The van der Waals surface area contributed by atoms with E-state index in [0.29, 0.717) is 28.5 Å². The summed E-state index contributed by atoms with van der Waals surface area (Å²) in [6.45, 7) is 5.74. The molecule has 2 aromatic carbocycles. The first-order valence-corrected chi connectivity index (χ1v) is 17.2. The number of amides is 4. The highest BCUT2D eigenvalue weighted by molar-refractivity contribution is 7.22. The van der Waals surface area contributed by atoms with Crippen LogP contribution >= 0.6 is 22.9 Å². The monoisotopic (exact) mass is 686 g/mol. The molecule has 9 nitrogen and oxygen atoms in total. The summed E-state index contributed by atoms with van der Waals surface area (Å²) >= 11 is 7.82. The van der Waals surface area contributed by atoms with Gasteiger partial charge in [-0.25, -0.2) is 9.29 Å². The van der Waals surface area contributed by atoms with Crippen LogP contribution in [0.1, 0.15) is 43.7 Å². The lowest BCUT2D eigenvalue weighted by molar-refractivity contribution is -0.140. The van der Waals surface area contributed by atoms with Gasteiger partial charge in [-0.1, -0.05) is 29.3 Å². The van der Waals surface area contributed by atoms with Crippen molar-refractivity contribution in [3.05, 3.63) is 76.1 Å². The smallest absolute Gasteiger partial charge is 0.242 e. The number of fused-ring (bicyclic) bond motifs is 5. The summed E-state index contributed by atoms with van der Waals surface area (Å²) in [6.07, 6.45) is 2.43. The minimum absolute atomic E-state index is 0.194. The summed E-state index contributed by atoms with van der Waals surface area (Å²) in [7, 11) is 1.69. The topological polar surface area (TPSA) is 113 Å². The number of rotatable bonds is 4. The van der Waals surface area contributed by atoms with Gasteiger partial charge >= 0.3 is 0 Å². The van der Waals surface area contributed by atoms with Crippen molar-refractivity contribution in [2.24, 2.45) is 36.1 Å². The van der Waals surface area contributed by atoms with Crippen molar-refractivity contribution in [1.82, 2.24) is 14.7 Å². The molecule has 2 aliphatic carbocycles. The number of aromatic hydroxyl groups is 1. The molecule has 0 radical (unpaired) electrons. The van der Waals surface area contributed by atoms with Crippen LogP contribution in [0.3, 0.4) is 0 Å². The first kappa shape index (κ1) is 31.0. The number of carbonyl (C=O) groups is 4. The third kappa shape index (κ3) is 4.03. The van der Waals surface area contributed by atoms with E-state index >= 15 is 0 Å². The largest absolute Gasteiger partial charge is 0.505 e. The number of aromatic nitrogens is 2. The van der Waals surface area contributed by atoms with Crippen LogP contribution in [0.2, 0.25) is 5.02 Å². The zero-order valence-corrected chi connectivity index (χ0v) is 28.2. The molecule has 4 aliphatic rings. The first-order valence-electron chi connectivity index (χ1n) is 16.0. The van der Waals surface area contributed by atoms with Crippen molar-refractivity contribution in [1.29, 1.82) is 0 Å². The maximum absolute atomic E-state index is 15.0. The van der Waals surface area contributed by atoms with E-state index in [0.717, 1.165) is 26.1 Å². The molecule has 0 bridgehead atoms. The lowest BCUT2D eigenvalue weighted by Crippen LogP contribution is -2.49. The molecule has 12 heteroatoms. The number of phenolic OH excluding ortho intramolecular Hbond substituents is 1. The Labute approximate surface area is 284 Å². The Morgan fingerprint density at radius 2 is 1.83 bits per heavy atom. The second kappa shape index (κ2) is 10.6. The quantitative estimate of drug-likeness (QED) is 0.198. The standard InChI is InChI=1S/C36H32ClFN4O5S/c1-5-41-32(44)20-9-8-19-22(29(20)34(41)46)14-23-33(45)42(35(47)36(23,3)30(19)17-6-10-26(43)24(38)12-17)28-15-25(39-40(28)4)31-16(2)21-13-18(37)7-11-27(21)48-31/h6-8,10-13,15,20,22-23,29-30,43H,5,9,14H2,1-4H3. The fourth-order valence-electron chi connectivity index (χ4n) is 8.91. The zero-order valence-electron chi connectivity index (χ0n) is 26.7. The molecular formula is C36H32ClFN4O5S. The van der Waals surface area contributed by atoms with Crippen molar-refractivity contribution < 1.29 is 28.7 Å². The summed E-state index contributed by atoms with van der Waals surface area (Å²) in [5.41, 5.74) is 1.42. The van der Waals surface area contributed by atoms with E-state index in [1.165, 1.54) is 26.6 Å². The van der Waals surface area contributed by atoms with Crippen molar-refractivity contribution in [2.45, 2.75) is 39.5 Å². The van der Waals surface area contributed by atoms with Crippen LogP contribution in [0.5, 0.6) is 5.75 Å². The van der Waals surface area contributed by atoms with Crippen molar-refractivity contribution >= 4 is 62.5 Å². The number of imide groups is 2. The Bertz CT molecular complexity index is 2160. The predicted octanol–water partition coefficient (Wildman–Crippen LogP) is 6.36.